The normalized spacial score (nSPS) is 18.6. The molecule has 2 bridgehead atoms. The van der Waals surface area contributed by atoms with E-state index in [4.69, 9.17) is 0 Å². The number of aromatic nitrogens is 2. The van der Waals surface area contributed by atoms with Gasteiger partial charge in [-0.3, -0.25) is 25.1 Å². The number of hydrazine groups is 1. The van der Waals surface area contributed by atoms with Crippen molar-refractivity contribution >= 4 is 37.5 Å². The van der Waals surface area contributed by atoms with Crippen molar-refractivity contribution in [2.24, 2.45) is 0 Å². The number of nitrogens with one attached hydrogen (secondary N) is 3. The topological polar surface area (TPSA) is 182 Å². The van der Waals surface area contributed by atoms with Gasteiger partial charge in [0, 0.05) is 18.2 Å². The maximum absolute atomic E-state index is 12.2. The third-order valence-electron chi connectivity index (χ3n) is 3.43. The van der Waals surface area contributed by atoms with Crippen LogP contribution in [0.2, 0.25) is 0 Å². The predicted octanol–water partition coefficient (Wildman–Crippen LogP) is -0.900. The van der Waals surface area contributed by atoms with Crippen molar-refractivity contribution < 1.29 is 26.6 Å². The molecule has 0 saturated carbocycles. The summed E-state index contributed by atoms with van der Waals surface area (Å²) in [6, 6.07) is 6.24. The van der Waals surface area contributed by atoms with Gasteiger partial charge in [0.2, 0.25) is 20.0 Å². The second-order valence-electron chi connectivity index (χ2n) is 5.40. The summed E-state index contributed by atoms with van der Waals surface area (Å²) in [5.74, 6) is -2.70. The third kappa shape index (κ3) is 4.21. The summed E-state index contributed by atoms with van der Waals surface area (Å²) in [4.78, 5) is 24.2. The number of nitro benzene ring substituents is 1. The Labute approximate surface area is 152 Å². The zero-order chi connectivity index (χ0) is 19.8. The van der Waals surface area contributed by atoms with Crippen LogP contribution in [0.25, 0.3) is 5.69 Å². The van der Waals surface area contributed by atoms with Crippen LogP contribution in [0.5, 0.6) is 0 Å². The van der Waals surface area contributed by atoms with E-state index >= 15 is 0 Å². The van der Waals surface area contributed by atoms with Gasteiger partial charge in [-0.1, -0.05) is 6.07 Å². The van der Waals surface area contributed by atoms with Crippen LogP contribution in [0.15, 0.2) is 30.3 Å². The van der Waals surface area contributed by atoms with Crippen molar-refractivity contribution in [3.63, 3.8) is 0 Å². The molecule has 13 nitrogen and oxygen atoms in total. The maximum atomic E-state index is 12.2. The molecule has 2 aromatic rings. The van der Waals surface area contributed by atoms with Gasteiger partial charge in [0.1, 0.15) is 5.82 Å². The lowest BCUT2D eigenvalue weighted by Crippen LogP contribution is -2.44. The Bertz CT molecular complexity index is 1140. The first-order valence-corrected chi connectivity index (χ1v) is 10.5. The minimum absolute atomic E-state index is 0.124. The van der Waals surface area contributed by atoms with Crippen LogP contribution in [-0.2, 0) is 20.0 Å². The van der Waals surface area contributed by atoms with E-state index in [1.54, 1.807) is 4.83 Å². The average molecular weight is 416 g/mol. The Morgan fingerprint density at radius 3 is 2.52 bits per heavy atom. The monoisotopic (exact) mass is 416 g/mol. The number of fused-ring (bicyclic) bond motifs is 2. The fourth-order valence-electron chi connectivity index (χ4n) is 2.17. The average Bonchev–Trinajstić information content (AvgIpc) is 3.00. The van der Waals surface area contributed by atoms with Crippen LogP contribution >= 0.6 is 0 Å². The Balaban J connectivity index is 2.12. The number of hydrogen-bond acceptors (Lipinski definition) is 8. The number of sulfonamides is 2. The van der Waals surface area contributed by atoms with E-state index in [1.807, 2.05) is 5.43 Å². The van der Waals surface area contributed by atoms with Gasteiger partial charge in [0.15, 0.2) is 5.69 Å². The number of nitrogens with zero attached hydrogens (tertiary/aromatic N) is 3. The van der Waals surface area contributed by atoms with E-state index in [0.717, 1.165) is 16.8 Å². The molecule has 0 unspecified atom stereocenters. The number of nitro groups is 1. The summed E-state index contributed by atoms with van der Waals surface area (Å²) in [5.41, 5.74) is 1.46. The molecule has 0 spiro atoms. The van der Waals surface area contributed by atoms with Crippen LogP contribution in [0.4, 0.5) is 11.5 Å². The standard InChI is InChI=1S/C12H12N6O7S2/c19-12-10-7-11(15-26(22,23)4-5-27(24,25)16-13-12)17(14-10)8-2-1-3-9(6-8)18(20)21/h1-3,6-7,15-16H,4-5H2,(H,13,19). The molecule has 1 aliphatic heterocycles. The highest BCUT2D eigenvalue weighted by molar-refractivity contribution is 7.95. The van der Waals surface area contributed by atoms with Gasteiger partial charge in [0.05, 0.1) is 22.1 Å². The van der Waals surface area contributed by atoms with Crippen LogP contribution in [-0.4, -0.2) is 49.0 Å². The van der Waals surface area contributed by atoms with E-state index in [-0.39, 0.29) is 22.9 Å². The van der Waals surface area contributed by atoms with Crippen molar-refractivity contribution in [3.05, 3.63) is 46.1 Å². The van der Waals surface area contributed by atoms with Crippen molar-refractivity contribution in [2.75, 3.05) is 16.2 Å². The van der Waals surface area contributed by atoms with E-state index < -0.39 is 42.4 Å². The number of rotatable bonds is 2. The number of benzene rings is 1. The molecule has 1 aliphatic rings. The zero-order valence-corrected chi connectivity index (χ0v) is 14.9. The maximum Gasteiger partial charge on any atom is 0.286 e. The first-order valence-electron chi connectivity index (χ1n) is 7.21. The summed E-state index contributed by atoms with van der Waals surface area (Å²) in [5, 5.41) is 14.9. The summed E-state index contributed by atoms with van der Waals surface area (Å²) in [6.07, 6.45) is 0. The second kappa shape index (κ2) is 6.60. The summed E-state index contributed by atoms with van der Waals surface area (Å²) < 4.78 is 50.8. The lowest BCUT2D eigenvalue weighted by atomic mass is 10.3. The molecular formula is C12H12N6O7S2. The van der Waals surface area contributed by atoms with Gasteiger partial charge >= 0.3 is 0 Å². The largest absolute Gasteiger partial charge is 0.286 e. The molecule has 27 heavy (non-hydrogen) atoms. The number of hydrogen-bond donors (Lipinski definition) is 3. The molecule has 0 aliphatic carbocycles. The van der Waals surface area contributed by atoms with E-state index in [1.165, 1.54) is 18.2 Å². The molecule has 0 saturated heterocycles. The summed E-state index contributed by atoms with van der Waals surface area (Å²) >= 11 is 0. The molecule has 0 fully saturated rings. The van der Waals surface area contributed by atoms with Crippen molar-refractivity contribution in [2.45, 2.75) is 0 Å². The predicted molar refractivity (Wildman–Crippen MR) is 92.0 cm³/mol. The van der Waals surface area contributed by atoms with Gasteiger partial charge in [-0.15, -0.1) is 4.83 Å². The fourth-order valence-corrected chi connectivity index (χ4v) is 4.84. The zero-order valence-electron chi connectivity index (χ0n) is 13.3. The van der Waals surface area contributed by atoms with Crippen molar-refractivity contribution in [1.82, 2.24) is 20.0 Å². The molecule has 3 rings (SSSR count). The van der Waals surface area contributed by atoms with Crippen molar-refractivity contribution in [3.8, 4) is 5.69 Å². The van der Waals surface area contributed by atoms with Gasteiger partial charge in [-0.05, 0) is 6.07 Å². The van der Waals surface area contributed by atoms with Crippen molar-refractivity contribution in [1.29, 1.82) is 0 Å². The smallest absolute Gasteiger partial charge is 0.272 e. The van der Waals surface area contributed by atoms with Crippen LogP contribution in [0.3, 0.4) is 0 Å². The summed E-state index contributed by atoms with van der Waals surface area (Å²) in [7, 11) is -8.18. The number of amides is 1. The van der Waals surface area contributed by atoms with Crippen LogP contribution < -0.4 is 15.0 Å². The van der Waals surface area contributed by atoms with E-state index in [0.29, 0.717) is 0 Å². The lowest BCUT2D eigenvalue weighted by Gasteiger charge is -2.11. The first kappa shape index (κ1) is 18.7. The highest BCUT2D eigenvalue weighted by atomic mass is 32.2. The van der Waals surface area contributed by atoms with Crippen LogP contribution in [0.1, 0.15) is 10.5 Å². The Morgan fingerprint density at radius 2 is 1.81 bits per heavy atom. The first-order chi connectivity index (χ1) is 12.6. The molecule has 1 amide bonds. The number of anilines is 1. The number of non-ortho nitro benzene ring substituents is 1. The Morgan fingerprint density at radius 1 is 1.11 bits per heavy atom. The highest BCUT2D eigenvalue weighted by Gasteiger charge is 2.25. The van der Waals surface area contributed by atoms with Gasteiger partial charge in [-0.2, -0.15) is 5.10 Å². The molecule has 144 valence electrons. The van der Waals surface area contributed by atoms with E-state index in [2.05, 4.69) is 9.82 Å². The second-order valence-corrected chi connectivity index (χ2v) is 9.08. The number of carbonyl (C=O) groups excluding carboxylic acids is 1. The minimum Gasteiger partial charge on any atom is -0.272 e. The fraction of sp³-hybridized carbons (Fsp3) is 0.167. The van der Waals surface area contributed by atoms with Gasteiger partial charge in [-0.25, -0.2) is 21.5 Å². The Kier molecular flexibility index (Phi) is 4.58. The SMILES string of the molecule is O=C1NNS(=O)(=O)CCS(=O)(=O)Nc2cc1nn2-c1cccc([N+](=O)[O-])c1. The lowest BCUT2D eigenvalue weighted by molar-refractivity contribution is -0.384. The van der Waals surface area contributed by atoms with E-state index in [9.17, 15) is 31.7 Å². The quantitative estimate of drug-likeness (QED) is 0.415. The highest BCUT2D eigenvalue weighted by Crippen LogP contribution is 2.22. The van der Waals surface area contributed by atoms with Crippen LogP contribution in [0, 0.1) is 10.1 Å². The molecular weight excluding hydrogens is 404 g/mol. The van der Waals surface area contributed by atoms with Gasteiger partial charge < -0.3 is 0 Å². The molecule has 3 N–H and O–H groups in total. The van der Waals surface area contributed by atoms with Gasteiger partial charge in [0.25, 0.3) is 11.6 Å². The molecule has 0 radical (unpaired) electrons. The molecule has 0 atom stereocenters. The molecule has 2 heterocycles. The molecule has 1 aromatic heterocycles. The number of carbonyl (C=O) groups is 1. The minimum atomic E-state index is -4.11. The molecule has 1 aromatic carbocycles. The third-order valence-corrected chi connectivity index (χ3v) is 6.10. The molecule has 15 heteroatoms. The summed E-state index contributed by atoms with van der Waals surface area (Å²) in [6.45, 7) is 0. The Hall–Kier alpha value is -3.04.